The van der Waals surface area contributed by atoms with Gasteiger partial charge >= 0.3 is 5.97 Å². The van der Waals surface area contributed by atoms with E-state index in [2.05, 4.69) is 10.5 Å². The van der Waals surface area contributed by atoms with E-state index in [1.165, 1.54) is 6.08 Å². The van der Waals surface area contributed by atoms with Crippen LogP contribution in [0.4, 0.5) is 0 Å². The van der Waals surface area contributed by atoms with E-state index in [1.807, 2.05) is 12.1 Å². The molecule has 25 heavy (non-hydrogen) atoms. The summed E-state index contributed by atoms with van der Waals surface area (Å²) < 4.78 is 15.0. The summed E-state index contributed by atoms with van der Waals surface area (Å²) in [5.74, 6) is 0.431. The Kier molecular flexibility index (Phi) is 6.33. The number of nitrogens with zero attached hydrogens (tertiary/aromatic N) is 1. The highest BCUT2D eigenvalue weighted by atomic mass is 16.5. The minimum atomic E-state index is -0.777. The SMILES string of the molecule is COc1ccc(/C=C/C(=O)N[C@@H](C)C(=O)OCc2cc(C)on2)cc1. The average molecular weight is 344 g/mol. The summed E-state index contributed by atoms with van der Waals surface area (Å²) in [6.45, 7) is 3.30. The van der Waals surface area contributed by atoms with Crippen molar-refractivity contribution in [3.63, 3.8) is 0 Å². The van der Waals surface area contributed by atoms with Gasteiger partial charge in [0.15, 0.2) is 0 Å². The number of aryl methyl sites for hydroxylation is 1. The Balaban J connectivity index is 1.79. The second-order valence-electron chi connectivity index (χ2n) is 5.37. The quantitative estimate of drug-likeness (QED) is 0.612. The van der Waals surface area contributed by atoms with Crippen molar-refractivity contribution in [2.75, 3.05) is 7.11 Å². The molecule has 132 valence electrons. The number of nitrogens with one attached hydrogen (secondary N) is 1. The molecule has 1 aromatic carbocycles. The van der Waals surface area contributed by atoms with Gasteiger partial charge in [0.05, 0.1) is 7.11 Å². The van der Waals surface area contributed by atoms with Crippen molar-refractivity contribution in [1.29, 1.82) is 0 Å². The summed E-state index contributed by atoms with van der Waals surface area (Å²) in [6.07, 6.45) is 3.00. The molecule has 0 aliphatic rings. The van der Waals surface area contributed by atoms with Gasteiger partial charge in [0.1, 0.15) is 29.9 Å². The first-order valence-electron chi connectivity index (χ1n) is 7.69. The Morgan fingerprint density at radius 1 is 1.32 bits per heavy atom. The van der Waals surface area contributed by atoms with Gasteiger partial charge in [0.2, 0.25) is 5.91 Å². The van der Waals surface area contributed by atoms with Gasteiger partial charge in [0.25, 0.3) is 0 Å². The predicted octanol–water partition coefficient (Wildman–Crippen LogP) is 2.25. The van der Waals surface area contributed by atoms with E-state index in [0.29, 0.717) is 11.5 Å². The van der Waals surface area contributed by atoms with E-state index in [4.69, 9.17) is 14.0 Å². The van der Waals surface area contributed by atoms with E-state index in [9.17, 15) is 9.59 Å². The fraction of sp³-hybridized carbons (Fsp3) is 0.278. The minimum absolute atomic E-state index is 0.00191. The predicted molar refractivity (Wildman–Crippen MR) is 90.7 cm³/mol. The number of rotatable bonds is 7. The molecule has 0 unspecified atom stereocenters. The largest absolute Gasteiger partial charge is 0.497 e. The van der Waals surface area contributed by atoms with Crippen LogP contribution in [-0.2, 0) is 20.9 Å². The fourth-order valence-electron chi connectivity index (χ4n) is 1.96. The van der Waals surface area contributed by atoms with Gasteiger partial charge in [-0.05, 0) is 37.6 Å². The average Bonchev–Trinajstić information content (AvgIpc) is 3.03. The van der Waals surface area contributed by atoms with E-state index >= 15 is 0 Å². The van der Waals surface area contributed by atoms with Gasteiger partial charge in [-0.1, -0.05) is 17.3 Å². The molecule has 1 heterocycles. The highest BCUT2D eigenvalue weighted by Gasteiger charge is 2.16. The number of esters is 1. The lowest BCUT2D eigenvalue weighted by atomic mass is 10.2. The number of benzene rings is 1. The fourth-order valence-corrected chi connectivity index (χ4v) is 1.96. The molecule has 7 nitrogen and oxygen atoms in total. The molecule has 0 aliphatic heterocycles. The van der Waals surface area contributed by atoms with Crippen molar-refractivity contribution >= 4 is 18.0 Å². The second kappa shape index (κ2) is 8.68. The summed E-state index contributed by atoms with van der Waals surface area (Å²) in [5, 5.41) is 6.27. The first-order valence-corrected chi connectivity index (χ1v) is 7.69. The third kappa shape index (κ3) is 5.80. The zero-order chi connectivity index (χ0) is 18.2. The number of hydrogen-bond donors (Lipinski definition) is 1. The Bertz CT molecular complexity index is 749. The molecule has 0 saturated heterocycles. The summed E-state index contributed by atoms with van der Waals surface area (Å²) in [5.41, 5.74) is 1.36. The standard InChI is InChI=1S/C18H20N2O5/c1-12-10-15(20-25-12)11-24-18(22)13(2)19-17(21)9-6-14-4-7-16(23-3)8-5-14/h4-10,13H,11H2,1-3H3,(H,19,21)/b9-6+/t13-/m0/s1. The summed E-state index contributed by atoms with van der Waals surface area (Å²) in [4.78, 5) is 23.7. The number of carbonyl (C=O) groups is 2. The summed E-state index contributed by atoms with van der Waals surface area (Å²) >= 11 is 0. The van der Waals surface area contributed by atoms with Crippen LogP contribution in [0.1, 0.15) is 23.9 Å². The number of hydrogen-bond acceptors (Lipinski definition) is 6. The van der Waals surface area contributed by atoms with Crippen molar-refractivity contribution in [3.05, 3.63) is 53.4 Å². The van der Waals surface area contributed by atoms with E-state index < -0.39 is 17.9 Å². The summed E-state index contributed by atoms with van der Waals surface area (Å²) in [7, 11) is 1.59. The highest BCUT2D eigenvalue weighted by molar-refractivity contribution is 5.94. The van der Waals surface area contributed by atoms with E-state index in [0.717, 1.165) is 11.3 Å². The number of amides is 1. The molecule has 0 spiro atoms. The van der Waals surface area contributed by atoms with Gasteiger partial charge in [-0.25, -0.2) is 4.79 Å². The number of methoxy groups -OCH3 is 1. The van der Waals surface area contributed by atoms with Crippen molar-refractivity contribution in [2.45, 2.75) is 26.5 Å². The molecule has 1 amide bonds. The lowest BCUT2D eigenvalue weighted by Gasteiger charge is -2.11. The first-order chi connectivity index (χ1) is 12.0. The van der Waals surface area contributed by atoms with Gasteiger partial charge in [-0.2, -0.15) is 0 Å². The lowest BCUT2D eigenvalue weighted by molar-refractivity contribution is -0.148. The van der Waals surface area contributed by atoms with Crippen molar-refractivity contribution in [3.8, 4) is 5.75 Å². The summed E-state index contributed by atoms with van der Waals surface area (Å²) in [6, 6.07) is 8.13. The Morgan fingerprint density at radius 3 is 2.64 bits per heavy atom. The maximum atomic E-state index is 11.9. The van der Waals surface area contributed by atoms with Crippen molar-refractivity contribution < 1.29 is 23.6 Å². The van der Waals surface area contributed by atoms with Crippen LogP contribution in [0.5, 0.6) is 5.75 Å². The number of carbonyl (C=O) groups excluding carboxylic acids is 2. The molecule has 0 saturated carbocycles. The molecule has 0 aliphatic carbocycles. The molecule has 7 heteroatoms. The molecule has 0 fully saturated rings. The zero-order valence-electron chi connectivity index (χ0n) is 14.3. The molecule has 0 radical (unpaired) electrons. The second-order valence-corrected chi connectivity index (χ2v) is 5.37. The third-order valence-corrected chi connectivity index (χ3v) is 3.29. The van der Waals surface area contributed by atoms with Crippen LogP contribution < -0.4 is 10.1 Å². The molecule has 1 atom stereocenters. The Morgan fingerprint density at radius 2 is 2.04 bits per heavy atom. The molecular formula is C18H20N2O5. The van der Waals surface area contributed by atoms with Crippen LogP contribution in [0.15, 0.2) is 40.9 Å². The first kappa shape index (κ1) is 18.3. The van der Waals surface area contributed by atoms with Gasteiger partial charge in [-0.3, -0.25) is 4.79 Å². The maximum Gasteiger partial charge on any atom is 0.328 e. The normalized spacial score (nSPS) is 12.0. The topological polar surface area (TPSA) is 90.7 Å². The molecule has 2 rings (SSSR count). The van der Waals surface area contributed by atoms with Crippen LogP contribution in [0.3, 0.4) is 0 Å². The van der Waals surface area contributed by atoms with Crippen LogP contribution in [0.2, 0.25) is 0 Å². The Labute approximate surface area is 145 Å². The van der Waals surface area contributed by atoms with Gasteiger partial charge in [-0.15, -0.1) is 0 Å². The van der Waals surface area contributed by atoms with Crippen LogP contribution in [-0.4, -0.2) is 30.2 Å². The highest BCUT2D eigenvalue weighted by Crippen LogP contribution is 2.12. The molecule has 1 N–H and O–H groups in total. The third-order valence-electron chi connectivity index (χ3n) is 3.29. The number of ether oxygens (including phenoxy) is 2. The van der Waals surface area contributed by atoms with Gasteiger partial charge < -0.3 is 19.3 Å². The maximum absolute atomic E-state index is 11.9. The van der Waals surface area contributed by atoms with Crippen LogP contribution >= 0.6 is 0 Å². The van der Waals surface area contributed by atoms with Gasteiger partial charge in [0, 0.05) is 12.1 Å². The molecule has 0 bridgehead atoms. The zero-order valence-corrected chi connectivity index (χ0v) is 14.3. The monoisotopic (exact) mass is 344 g/mol. The molecule has 2 aromatic rings. The Hall–Kier alpha value is -3.09. The van der Waals surface area contributed by atoms with E-state index in [1.54, 1.807) is 45.2 Å². The van der Waals surface area contributed by atoms with E-state index in [-0.39, 0.29) is 6.61 Å². The molecule has 1 aromatic heterocycles. The van der Waals surface area contributed by atoms with Crippen molar-refractivity contribution in [2.24, 2.45) is 0 Å². The lowest BCUT2D eigenvalue weighted by Crippen LogP contribution is -2.38. The number of aromatic nitrogens is 1. The van der Waals surface area contributed by atoms with Crippen LogP contribution in [0, 0.1) is 6.92 Å². The smallest absolute Gasteiger partial charge is 0.328 e. The van der Waals surface area contributed by atoms with Crippen molar-refractivity contribution in [1.82, 2.24) is 10.5 Å². The minimum Gasteiger partial charge on any atom is -0.497 e. The van der Waals surface area contributed by atoms with Crippen LogP contribution in [0.25, 0.3) is 6.08 Å². The molecular weight excluding hydrogens is 324 g/mol.